The Bertz CT molecular complexity index is 924. The highest BCUT2D eigenvalue weighted by Crippen LogP contribution is 2.34. The third-order valence-electron chi connectivity index (χ3n) is 3.46. The molecule has 2 aromatic rings. The molecule has 0 saturated carbocycles. The third kappa shape index (κ3) is 3.45. The van der Waals surface area contributed by atoms with E-state index in [9.17, 15) is 13.2 Å². The highest BCUT2D eigenvalue weighted by molar-refractivity contribution is 7.87. The van der Waals surface area contributed by atoms with E-state index in [0.29, 0.717) is 30.5 Å². The molecule has 0 saturated heterocycles. The Morgan fingerprint density at radius 2 is 1.80 bits per heavy atom. The second kappa shape index (κ2) is 6.52. The Balaban J connectivity index is 1.98. The quantitative estimate of drug-likeness (QED) is 0.795. The van der Waals surface area contributed by atoms with E-state index in [-0.39, 0.29) is 16.2 Å². The van der Waals surface area contributed by atoms with Gasteiger partial charge < -0.3 is 24.1 Å². The fourth-order valence-electron chi connectivity index (χ4n) is 2.25. The number of amides is 1. The summed E-state index contributed by atoms with van der Waals surface area (Å²) >= 11 is 0. The maximum absolute atomic E-state index is 12.6. The van der Waals surface area contributed by atoms with Crippen LogP contribution >= 0.6 is 0 Å². The Morgan fingerprint density at radius 1 is 1.08 bits per heavy atom. The van der Waals surface area contributed by atoms with Gasteiger partial charge in [-0.2, -0.15) is 8.42 Å². The number of hydrogen-bond donors (Lipinski definition) is 1. The van der Waals surface area contributed by atoms with Gasteiger partial charge in [-0.3, -0.25) is 4.79 Å². The van der Waals surface area contributed by atoms with Crippen LogP contribution in [0, 0.1) is 0 Å². The highest BCUT2D eigenvalue weighted by Gasteiger charge is 2.23. The molecule has 132 valence electrons. The van der Waals surface area contributed by atoms with Gasteiger partial charge in [0.25, 0.3) is 5.91 Å². The van der Waals surface area contributed by atoms with E-state index >= 15 is 0 Å². The molecule has 0 aromatic heterocycles. The van der Waals surface area contributed by atoms with Gasteiger partial charge in [0.05, 0.1) is 12.7 Å². The van der Waals surface area contributed by atoms with E-state index in [1.165, 1.54) is 43.5 Å². The molecule has 9 heteroatoms. The van der Waals surface area contributed by atoms with Gasteiger partial charge in [-0.25, -0.2) is 0 Å². The number of nitrogens with two attached hydrogens (primary N) is 1. The van der Waals surface area contributed by atoms with Gasteiger partial charge in [0.1, 0.15) is 23.9 Å². The average molecular weight is 365 g/mol. The summed E-state index contributed by atoms with van der Waals surface area (Å²) in [6, 6.07) is 8.18. The lowest BCUT2D eigenvalue weighted by molar-refractivity contribution is 0.0999. The largest absolute Gasteiger partial charge is 0.497 e. The van der Waals surface area contributed by atoms with Crippen LogP contribution in [0.25, 0.3) is 0 Å². The van der Waals surface area contributed by atoms with Gasteiger partial charge in [-0.15, -0.1) is 0 Å². The molecule has 1 aliphatic heterocycles. The number of ether oxygens (including phenoxy) is 3. The van der Waals surface area contributed by atoms with Crippen molar-refractivity contribution in [3.8, 4) is 23.0 Å². The maximum atomic E-state index is 12.6. The molecular weight excluding hydrogens is 350 g/mol. The van der Waals surface area contributed by atoms with Crippen LogP contribution in [0.5, 0.6) is 23.0 Å². The molecule has 1 heterocycles. The molecule has 0 spiro atoms. The van der Waals surface area contributed by atoms with Gasteiger partial charge in [-0.05, 0) is 24.3 Å². The summed E-state index contributed by atoms with van der Waals surface area (Å²) in [7, 11) is -2.83. The van der Waals surface area contributed by atoms with Crippen LogP contribution in [0.1, 0.15) is 10.4 Å². The summed E-state index contributed by atoms with van der Waals surface area (Å²) in [6.07, 6.45) is 0. The number of hydrogen-bond acceptors (Lipinski definition) is 7. The summed E-state index contributed by atoms with van der Waals surface area (Å²) in [6.45, 7) is 0.709. The van der Waals surface area contributed by atoms with Gasteiger partial charge in [-0.1, -0.05) is 0 Å². The molecule has 3 rings (SSSR count). The predicted octanol–water partition coefficient (Wildman–Crippen LogP) is 1.33. The van der Waals surface area contributed by atoms with Crippen LogP contribution in [-0.4, -0.2) is 34.6 Å². The minimum atomic E-state index is -4.23. The third-order valence-corrected chi connectivity index (χ3v) is 4.69. The zero-order valence-corrected chi connectivity index (χ0v) is 14.0. The van der Waals surface area contributed by atoms with Crippen LogP contribution in [0.3, 0.4) is 0 Å². The second-order valence-corrected chi connectivity index (χ2v) is 6.62. The number of carbonyl (C=O) groups is 1. The molecule has 8 nitrogen and oxygen atoms in total. The molecule has 25 heavy (non-hydrogen) atoms. The van der Waals surface area contributed by atoms with Crippen molar-refractivity contribution < 1.29 is 31.6 Å². The van der Waals surface area contributed by atoms with Crippen molar-refractivity contribution in [2.24, 2.45) is 5.73 Å². The molecule has 2 aromatic carbocycles. The van der Waals surface area contributed by atoms with Crippen molar-refractivity contribution in [1.82, 2.24) is 0 Å². The Hall–Kier alpha value is -2.94. The zero-order chi connectivity index (χ0) is 18.0. The SMILES string of the molecule is COc1ccc(C(N)=O)c(OS(=O)(=O)c2ccc3c(c2)OCCO3)c1. The monoisotopic (exact) mass is 365 g/mol. The van der Waals surface area contributed by atoms with Crippen molar-refractivity contribution in [3.63, 3.8) is 0 Å². The minimum Gasteiger partial charge on any atom is -0.497 e. The molecule has 0 atom stereocenters. The van der Waals surface area contributed by atoms with E-state index in [0.717, 1.165) is 0 Å². The molecule has 0 aliphatic carbocycles. The first-order valence-electron chi connectivity index (χ1n) is 7.23. The van der Waals surface area contributed by atoms with E-state index in [2.05, 4.69) is 0 Å². The second-order valence-electron chi connectivity index (χ2n) is 5.07. The van der Waals surface area contributed by atoms with Crippen LogP contribution in [0.2, 0.25) is 0 Å². The molecule has 1 amide bonds. The van der Waals surface area contributed by atoms with E-state index in [4.69, 9.17) is 24.1 Å². The number of methoxy groups -OCH3 is 1. The van der Waals surface area contributed by atoms with Gasteiger partial charge in [0.15, 0.2) is 17.2 Å². The maximum Gasteiger partial charge on any atom is 0.339 e. The first-order valence-corrected chi connectivity index (χ1v) is 8.63. The van der Waals surface area contributed by atoms with Crippen LogP contribution in [0.4, 0.5) is 0 Å². The molecule has 0 bridgehead atoms. The van der Waals surface area contributed by atoms with Gasteiger partial charge in [0.2, 0.25) is 0 Å². The van der Waals surface area contributed by atoms with Gasteiger partial charge in [0, 0.05) is 12.1 Å². The lowest BCUT2D eigenvalue weighted by Crippen LogP contribution is -2.18. The molecule has 1 aliphatic rings. The minimum absolute atomic E-state index is 0.0816. The van der Waals surface area contributed by atoms with Crippen molar-refractivity contribution >= 4 is 16.0 Å². The lowest BCUT2D eigenvalue weighted by Gasteiger charge is -2.19. The summed E-state index contributed by atoms with van der Waals surface area (Å²) < 4.78 is 46.0. The van der Waals surface area contributed by atoms with Crippen molar-refractivity contribution in [1.29, 1.82) is 0 Å². The summed E-state index contributed by atoms with van der Waals surface area (Å²) in [5, 5.41) is 0. The zero-order valence-electron chi connectivity index (χ0n) is 13.2. The summed E-state index contributed by atoms with van der Waals surface area (Å²) in [4.78, 5) is 11.4. The summed E-state index contributed by atoms with van der Waals surface area (Å²) in [5.74, 6) is 0.0234. The first-order chi connectivity index (χ1) is 11.9. The Kier molecular flexibility index (Phi) is 4.41. The molecule has 0 fully saturated rings. The van der Waals surface area contributed by atoms with Crippen molar-refractivity contribution in [2.75, 3.05) is 20.3 Å². The van der Waals surface area contributed by atoms with Crippen molar-refractivity contribution in [3.05, 3.63) is 42.0 Å². The number of rotatable bonds is 5. The van der Waals surface area contributed by atoms with Crippen molar-refractivity contribution in [2.45, 2.75) is 4.90 Å². The van der Waals surface area contributed by atoms with Crippen LogP contribution in [-0.2, 0) is 10.1 Å². The lowest BCUT2D eigenvalue weighted by atomic mass is 10.2. The highest BCUT2D eigenvalue weighted by atomic mass is 32.2. The fraction of sp³-hybridized carbons (Fsp3) is 0.188. The van der Waals surface area contributed by atoms with E-state index < -0.39 is 16.0 Å². The number of carbonyl (C=O) groups excluding carboxylic acids is 1. The van der Waals surface area contributed by atoms with Crippen LogP contribution < -0.4 is 24.1 Å². The average Bonchev–Trinajstić information content (AvgIpc) is 2.60. The molecule has 2 N–H and O–H groups in total. The topological polar surface area (TPSA) is 114 Å². The summed E-state index contributed by atoms with van der Waals surface area (Å²) in [5.41, 5.74) is 5.18. The van der Waals surface area contributed by atoms with Gasteiger partial charge >= 0.3 is 10.1 Å². The van der Waals surface area contributed by atoms with E-state index in [1.807, 2.05) is 0 Å². The number of fused-ring (bicyclic) bond motifs is 1. The molecule has 0 unspecified atom stereocenters. The van der Waals surface area contributed by atoms with E-state index in [1.54, 1.807) is 0 Å². The Morgan fingerprint density at radius 3 is 2.48 bits per heavy atom. The first kappa shape index (κ1) is 16.9. The predicted molar refractivity (Wildman–Crippen MR) is 86.8 cm³/mol. The normalized spacial score (nSPS) is 13.2. The van der Waals surface area contributed by atoms with Crippen LogP contribution in [0.15, 0.2) is 41.3 Å². The number of benzene rings is 2. The smallest absolute Gasteiger partial charge is 0.339 e. The number of primary amides is 1. The molecule has 0 radical (unpaired) electrons. The fourth-order valence-corrected chi connectivity index (χ4v) is 3.20. The standard InChI is InChI=1S/C16H15NO7S/c1-21-10-2-4-12(16(17)18)14(8-10)24-25(19,20)11-3-5-13-15(9-11)23-7-6-22-13/h2-5,8-9H,6-7H2,1H3,(H2,17,18). The molecular formula is C16H15NO7S. The Labute approximate surface area is 144 Å².